The number of hydrogen-bond acceptors (Lipinski definition) is 14. The molecule has 0 bridgehead atoms. The van der Waals surface area contributed by atoms with Gasteiger partial charge in [0.05, 0.1) is 51.1 Å². The van der Waals surface area contributed by atoms with Crippen LogP contribution in [0.25, 0.3) is 0 Å². The van der Waals surface area contributed by atoms with Crippen LogP contribution in [0.1, 0.15) is 96.8 Å². The van der Waals surface area contributed by atoms with E-state index in [0.717, 1.165) is 34.6 Å². The highest BCUT2D eigenvalue weighted by molar-refractivity contribution is 7.86. The van der Waals surface area contributed by atoms with Crippen molar-refractivity contribution < 1.29 is 64.5 Å². The molecule has 17 heteroatoms. The van der Waals surface area contributed by atoms with Gasteiger partial charge in [-0.3, -0.25) is 4.18 Å². The Hall–Kier alpha value is -3.28. The highest BCUT2D eigenvalue weighted by atomic mass is 32.2. The number of hydrogen-bond donors (Lipinski definition) is 1. The van der Waals surface area contributed by atoms with Gasteiger partial charge in [0.1, 0.15) is 25.1 Å². The lowest BCUT2D eigenvalue weighted by Crippen LogP contribution is -2.45. The summed E-state index contributed by atoms with van der Waals surface area (Å²) >= 11 is 0. The summed E-state index contributed by atoms with van der Waals surface area (Å²) in [6.07, 6.45) is 6.54. The molecule has 0 fully saturated rings. The van der Waals surface area contributed by atoms with Crippen LogP contribution in [-0.4, -0.2) is 123 Å². The molecule has 0 unspecified atom stereocenters. The Balaban J connectivity index is 0.000000539. The molecule has 0 amide bonds. The summed E-state index contributed by atoms with van der Waals surface area (Å²) < 4.78 is 90.2. The lowest BCUT2D eigenvalue weighted by molar-refractivity contribution is -0.110. The molecular formula is C59H98O14SSi2. The topological polar surface area (TPSA) is 156 Å². The third-order valence-electron chi connectivity index (χ3n) is 14.3. The Kier molecular flexibility index (Phi) is 31.4. The summed E-state index contributed by atoms with van der Waals surface area (Å²) in [5, 5.41) is 10.0. The monoisotopic (exact) mass is 1120 g/mol. The largest absolute Gasteiger partial charge is 0.497 e. The van der Waals surface area contributed by atoms with Gasteiger partial charge in [-0.15, -0.1) is 13.2 Å². The van der Waals surface area contributed by atoms with Crippen LogP contribution >= 0.6 is 0 Å². The summed E-state index contributed by atoms with van der Waals surface area (Å²) in [6, 6.07) is 22.3. The summed E-state index contributed by atoms with van der Waals surface area (Å²) in [6.45, 7) is 34.2. The van der Waals surface area contributed by atoms with Gasteiger partial charge < -0.3 is 51.9 Å². The lowest BCUT2D eigenvalue weighted by Gasteiger charge is -2.40. The van der Waals surface area contributed by atoms with Crippen molar-refractivity contribution in [2.24, 2.45) is 11.8 Å². The molecule has 3 aromatic rings. The van der Waals surface area contributed by atoms with E-state index in [1.807, 2.05) is 61.5 Å². The zero-order valence-electron chi connectivity index (χ0n) is 49.0. The van der Waals surface area contributed by atoms with Gasteiger partial charge in [0, 0.05) is 58.1 Å². The zero-order chi connectivity index (χ0) is 57.0. The Bertz CT molecular complexity index is 2140. The fraction of sp³-hybridized carbons (Fsp3) is 0.627. The highest BCUT2D eigenvalue weighted by Gasteiger charge is 2.41. The van der Waals surface area contributed by atoms with Crippen LogP contribution in [0.3, 0.4) is 0 Å². The third-order valence-corrected chi connectivity index (χ3v) is 24.7. The first-order valence-corrected chi connectivity index (χ1v) is 33.8. The second kappa shape index (κ2) is 34.7. The lowest BCUT2D eigenvalue weighted by atomic mass is 9.94. The summed E-state index contributed by atoms with van der Waals surface area (Å²) in [4.78, 5) is 0.123. The van der Waals surface area contributed by atoms with E-state index in [-0.39, 0.29) is 71.9 Å². The molecule has 432 valence electrons. The molecule has 1 N–H and O–H groups in total. The molecule has 0 aromatic heterocycles. The number of aliphatic hydroxyl groups excluding tert-OH is 1. The maximum Gasteiger partial charge on any atom is 0.296 e. The minimum atomic E-state index is -3.94. The van der Waals surface area contributed by atoms with Crippen LogP contribution in [0.4, 0.5) is 0 Å². The van der Waals surface area contributed by atoms with Gasteiger partial charge in [-0.2, -0.15) is 8.42 Å². The summed E-state index contributed by atoms with van der Waals surface area (Å²) in [7, 11) is -1.62. The molecule has 0 aliphatic carbocycles. The van der Waals surface area contributed by atoms with E-state index in [2.05, 4.69) is 80.9 Å². The molecule has 0 saturated heterocycles. The number of aryl methyl sites for hydroxylation is 1. The Morgan fingerprint density at radius 1 is 0.605 bits per heavy atom. The second-order valence-corrected chi connectivity index (χ2v) is 33.5. The molecule has 0 aliphatic rings. The summed E-state index contributed by atoms with van der Waals surface area (Å²) in [5.74, 6) is 1.29. The van der Waals surface area contributed by atoms with Gasteiger partial charge in [-0.25, -0.2) is 0 Å². The fourth-order valence-corrected chi connectivity index (χ4v) is 11.3. The average molecular weight is 1120 g/mol. The maximum absolute atomic E-state index is 13.0. The van der Waals surface area contributed by atoms with E-state index >= 15 is 0 Å². The van der Waals surface area contributed by atoms with Gasteiger partial charge in [-0.05, 0) is 129 Å². The van der Waals surface area contributed by atoms with Gasteiger partial charge in [0.2, 0.25) is 0 Å². The molecule has 76 heavy (non-hydrogen) atoms. The van der Waals surface area contributed by atoms with Crippen molar-refractivity contribution in [2.45, 2.75) is 166 Å². The minimum Gasteiger partial charge on any atom is -0.497 e. The van der Waals surface area contributed by atoms with Crippen molar-refractivity contribution in [3.8, 4) is 11.5 Å². The van der Waals surface area contributed by atoms with E-state index in [1.165, 1.54) is 0 Å². The van der Waals surface area contributed by atoms with E-state index in [0.29, 0.717) is 58.5 Å². The second-order valence-electron chi connectivity index (χ2n) is 22.4. The third kappa shape index (κ3) is 25.2. The molecule has 14 nitrogen and oxygen atoms in total. The average Bonchev–Trinajstić information content (AvgIpc) is 3.37. The number of allylic oxidation sites excluding steroid dienone is 2. The standard InChI is InChI=1S/C33H52O8SSi.C26H46O6Si/c1-10-11-28(24-40-42(34,35)31-18-12-26(2)13-19-31)32(39-25-36-6)22-30(41-43(8,9)33(3,4)5)20-21-38-23-27-14-16-29(37-7)17-15-27;1-9-10-22(18-27)25(31-20-28-5)17-24(32-33(7,8)26(2,3)4)15-16-30-19-21-11-13-23(29-6)14-12-21/h10,12-19,28,30,32H,1,11,20-25H2,2-9H3;9,11-14,22,24-25,27H,1,10,15-20H2,2-8H3/t28-,30-,32-;22-,24-,25-/m11/s1. The molecular weight excluding hydrogens is 1020 g/mol. The molecule has 0 saturated carbocycles. The predicted octanol–water partition coefficient (Wildman–Crippen LogP) is 12.8. The first kappa shape index (κ1) is 68.8. The van der Waals surface area contributed by atoms with Crippen LogP contribution in [-0.2, 0) is 64.8 Å². The smallest absolute Gasteiger partial charge is 0.296 e. The van der Waals surface area contributed by atoms with Crippen LogP contribution in [0.15, 0.2) is 103 Å². The van der Waals surface area contributed by atoms with Gasteiger partial charge in [0.25, 0.3) is 10.1 Å². The number of methoxy groups -OCH3 is 4. The van der Waals surface area contributed by atoms with Crippen molar-refractivity contribution in [3.05, 3.63) is 115 Å². The molecule has 0 heterocycles. The zero-order valence-corrected chi connectivity index (χ0v) is 51.8. The molecule has 3 aromatic carbocycles. The Labute approximate surface area is 461 Å². The number of benzene rings is 3. The van der Waals surface area contributed by atoms with Crippen LogP contribution in [0.5, 0.6) is 11.5 Å². The van der Waals surface area contributed by atoms with E-state index in [9.17, 15) is 13.5 Å². The maximum atomic E-state index is 13.0. The van der Waals surface area contributed by atoms with Crippen LogP contribution in [0.2, 0.25) is 36.3 Å². The van der Waals surface area contributed by atoms with E-state index in [4.69, 9.17) is 50.9 Å². The highest BCUT2D eigenvalue weighted by Crippen LogP contribution is 2.40. The minimum absolute atomic E-state index is 0.00380. The van der Waals surface area contributed by atoms with Gasteiger partial charge >= 0.3 is 0 Å². The quantitative estimate of drug-likeness (QED) is 0.0191. The molecule has 0 radical (unpaired) electrons. The number of rotatable bonds is 37. The van der Waals surface area contributed by atoms with Crippen molar-refractivity contribution >= 4 is 26.8 Å². The first-order valence-electron chi connectivity index (χ1n) is 26.6. The Morgan fingerprint density at radius 3 is 1.36 bits per heavy atom. The van der Waals surface area contributed by atoms with Crippen molar-refractivity contribution in [3.63, 3.8) is 0 Å². The predicted molar refractivity (Wildman–Crippen MR) is 309 cm³/mol. The molecule has 0 spiro atoms. The van der Waals surface area contributed by atoms with Crippen LogP contribution < -0.4 is 9.47 Å². The van der Waals surface area contributed by atoms with E-state index < -0.39 is 32.9 Å². The van der Waals surface area contributed by atoms with Crippen molar-refractivity contribution in [2.75, 3.05) is 68.5 Å². The normalized spacial score (nSPS) is 14.9. The SMILES string of the molecule is C=CC[C@H](CO)[C@@H](C[C@@H](CCOCc1ccc(OC)cc1)O[Si](C)(C)C(C)(C)C)OCOC.C=CC[C@H](COS(=O)(=O)c1ccc(C)cc1)[C@@H](C[C@@H](CCOCc1ccc(OC)cc1)O[Si](C)(C)C(C)(C)C)OCOC. The van der Waals surface area contributed by atoms with Crippen LogP contribution in [0, 0.1) is 18.8 Å². The van der Waals surface area contributed by atoms with Gasteiger partial charge in [0.15, 0.2) is 16.6 Å². The molecule has 3 rings (SSSR count). The van der Waals surface area contributed by atoms with Gasteiger partial charge in [-0.1, -0.05) is 95.7 Å². The Morgan fingerprint density at radius 2 is 1.00 bits per heavy atom. The number of aliphatic hydroxyl groups is 1. The molecule has 0 aliphatic heterocycles. The van der Waals surface area contributed by atoms with E-state index in [1.54, 1.807) is 58.8 Å². The van der Waals surface area contributed by atoms with Crippen molar-refractivity contribution in [1.82, 2.24) is 0 Å². The number of ether oxygens (including phenoxy) is 8. The van der Waals surface area contributed by atoms with Crippen molar-refractivity contribution in [1.29, 1.82) is 0 Å². The summed E-state index contributed by atoms with van der Waals surface area (Å²) in [5.41, 5.74) is 3.13. The fourth-order valence-electron chi connectivity index (χ4n) is 7.56. The molecule has 6 atom stereocenters. The first-order chi connectivity index (χ1) is 35.8.